The zero-order chi connectivity index (χ0) is 14.1. The quantitative estimate of drug-likeness (QED) is 0.454. The Morgan fingerprint density at radius 3 is 2.39 bits per heavy atom. The molecule has 0 aliphatic carbocycles. The van der Waals surface area contributed by atoms with Crippen LogP contribution in [0, 0.1) is 12.3 Å². The number of hydrogen-bond donors (Lipinski definition) is 4. The third-order valence-electron chi connectivity index (χ3n) is 2.09. The number of carboxylic acids is 1. The molecule has 2 atom stereocenters. The van der Waals surface area contributed by atoms with Crippen molar-refractivity contribution in [3.8, 4) is 12.3 Å². The maximum Gasteiger partial charge on any atom is 0.326 e. The largest absolute Gasteiger partial charge is 0.480 e. The molecule has 0 aromatic rings. The average molecular weight is 255 g/mol. The molecule has 0 heterocycles. The highest BCUT2D eigenvalue weighted by Gasteiger charge is 2.22. The lowest BCUT2D eigenvalue weighted by Crippen LogP contribution is -2.49. The third kappa shape index (κ3) is 6.37. The predicted octanol–water partition coefficient (Wildman–Crippen LogP) is -0.584. The van der Waals surface area contributed by atoms with E-state index in [4.69, 9.17) is 17.3 Å². The zero-order valence-corrected chi connectivity index (χ0v) is 10.1. The van der Waals surface area contributed by atoms with Gasteiger partial charge in [-0.1, -0.05) is 19.3 Å². The molecule has 0 aromatic heterocycles. The Morgan fingerprint density at radius 2 is 2.00 bits per heavy atom. The minimum Gasteiger partial charge on any atom is -0.480 e. The third-order valence-corrected chi connectivity index (χ3v) is 2.09. The summed E-state index contributed by atoms with van der Waals surface area (Å²) in [5.74, 6) is 0.215. The van der Waals surface area contributed by atoms with E-state index in [2.05, 4.69) is 16.6 Å². The molecule has 100 valence electrons. The van der Waals surface area contributed by atoms with Gasteiger partial charge < -0.3 is 21.5 Å². The molecule has 0 aliphatic heterocycles. The smallest absolute Gasteiger partial charge is 0.326 e. The van der Waals surface area contributed by atoms with Crippen LogP contribution in [0.25, 0.3) is 0 Å². The standard InChI is InChI=1S/C11H17N3O4/c1-3-5-7(4-2)13-11(18)14-8(10(16)17)6-9(12)15/h2,7-8H,3,5-6H2,1H3,(H2,12,15)(H,16,17)(H2,13,14,18)/t7?,8-/m0/s1. The highest BCUT2D eigenvalue weighted by atomic mass is 16.4. The summed E-state index contributed by atoms with van der Waals surface area (Å²) in [6.07, 6.45) is 6.08. The molecule has 0 saturated heterocycles. The monoisotopic (exact) mass is 255 g/mol. The summed E-state index contributed by atoms with van der Waals surface area (Å²) in [6.45, 7) is 1.90. The molecule has 7 nitrogen and oxygen atoms in total. The van der Waals surface area contributed by atoms with E-state index in [-0.39, 0.29) is 0 Å². The summed E-state index contributed by atoms with van der Waals surface area (Å²) < 4.78 is 0. The van der Waals surface area contributed by atoms with Gasteiger partial charge >= 0.3 is 12.0 Å². The number of amides is 3. The molecule has 0 spiro atoms. The SMILES string of the molecule is C#CC(CCC)NC(=O)N[C@@H](CC(N)=O)C(=O)O. The Hall–Kier alpha value is -2.23. The van der Waals surface area contributed by atoms with Crippen molar-refractivity contribution < 1.29 is 19.5 Å². The number of primary amides is 1. The van der Waals surface area contributed by atoms with E-state index in [0.717, 1.165) is 6.42 Å². The molecule has 0 aromatic carbocycles. The molecule has 18 heavy (non-hydrogen) atoms. The van der Waals surface area contributed by atoms with Crippen LogP contribution in [0.15, 0.2) is 0 Å². The van der Waals surface area contributed by atoms with Crippen molar-refractivity contribution in [3.63, 3.8) is 0 Å². The molecule has 7 heteroatoms. The van der Waals surface area contributed by atoms with E-state index in [1.165, 1.54) is 0 Å². The van der Waals surface area contributed by atoms with Gasteiger partial charge in [-0.25, -0.2) is 9.59 Å². The second-order valence-electron chi connectivity index (χ2n) is 3.69. The Morgan fingerprint density at radius 1 is 1.39 bits per heavy atom. The second-order valence-corrected chi connectivity index (χ2v) is 3.69. The van der Waals surface area contributed by atoms with Crippen LogP contribution in [-0.2, 0) is 9.59 Å². The molecule has 3 amide bonds. The van der Waals surface area contributed by atoms with Crippen molar-refractivity contribution in [2.45, 2.75) is 38.3 Å². The van der Waals surface area contributed by atoms with Crippen LogP contribution >= 0.6 is 0 Å². The Balaban J connectivity index is 4.38. The maximum absolute atomic E-state index is 11.5. The van der Waals surface area contributed by atoms with Crippen LogP contribution < -0.4 is 16.4 Å². The molecule has 5 N–H and O–H groups in total. The molecule has 0 radical (unpaired) electrons. The highest BCUT2D eigenvalue weighted by Crippen LogP contribution is 1.96. The van der Waals surface area contributed by atoms with Crippen molar-refractivity contribution in [3.05, 3.63) is 0 Å². The number of carbonyl (C=O) groups excluding carboxylic acids is 2. The average Bonchev–Trinajstić information content (AvgIpc) is 2.26. The van der Waals surface area contributed by atoms with Crippen LogP contribution in [0.3, 0.4) is 0 Å². The van der Waals surface area contributed by atoms with Crippen LogP contribution in [0.2, 0.25) is 0 Å². The number of carbonyl (C=O) groups is 3. The zero-order valence-electron chi connectivity index (χ0n) is 10.1. The first kappa shape index (κ1) is 15.8. The number of nitrogens with one attached hydrogen (secondary N) is 2. The Labute approximate surface area is 105 Å². The van der Waals surface area contributed by atoms with Crippen molar-refractivity contribution >= 4 is 17.9 Å². The van der Waals surface area contributed by atoms with Crippen LogP contribution in [0.4, 0.5) is 4.79 Å². The van der Waals surface area contributed by atoms with E-state index in [0.29, 0.717) is 6.42 Å². The fraction of sp³-hybridized carbons (Fsp3) is 0.545. The Bertz CT molecular complexity index is 362. The van der Waals surface area contributed by atoms with Gasteiger partial charge in [-0.2, -0.15) is 0 Å². The molecule has 1 unspecified atom stereocenters. The summed E-state index contributed by atoms with van der Waals surface area (Å²) in [4.78, 5) is 32.8. The number of nitrogens with two attached hydrogens (primary N) is 1. The molecule has 0 saturated carbocycles. The summed E-state index contributed by atoms with van der Waals surface area (Å²) in [5.41, 5.74) is 4.88. The number of rotatable bonds is 7. The number of hydrogen-bond acceptors (Lipinski definition) is 3. The van der Waals surface area contributed by atoms with Gasteiger partial charge in [-0.15, -0.1) is 6.42 Å². The highest BCUT2D eigenvalue weighted by molar-refractivity contribution is 5.87. The molecule has 0 rings (SSSR count). The Kier molecular flexibility index (Phi) is 6.96. The fourth-order valence-corrected chi connectivity index (χ4v) is 1.25. The van der Waals surface area contributed by atoms with Crippen LogP contribution in [-0.4, -0.2) is 35.1 Å². The second kappa shape index (κ2) is 7.95. The maximum atomic E-state index is 11.5. The lowest BCUT2D eigenvalue weighted by atomic mass is 10.2. The van der Waals surface area contributed by atoms with Crippen molar-refractivity contribution in [2.24, 2.45) is 5.73 Å². The van der Waals surface area contributed by atoms with E-state index >= 15 is 0 Å². The normalized spacial score (nSPS) is 12.9. The van der Waals surface area contributed by atoms with E-state index in [9.17, 15) is 14.4 Å². The number of urea groups is 1. The number of aliphatic carboxylic acids is 1. The van der Waals surface area contributed by atoms with Gasteiger partial charge in [-0.3, -0.25) is 4.79 Å². The van der Waals surface area contributed by atoms with Crippen LogP contribution in [0.1, 0.15) is 26.2 Å². The van der Waals surface area contributed by atoms with Gasteiger partial charge in [0.25, 0.3) is 0 Å². The topological polar surface area (TPSA) is 122 Å². The van der Waals surface area contributed by atoms with Gasteiger partial charge in [0.1, 0.15) is 6.04 Å². The molecular weight excluding hydrogens is 238 g/mol. The van der Waals surface area contributed by atoms with Gasteiger partial charge in [0, 0.05) is 0 Å². The predicted molar refractivity (Wildman–Crippen MR) is 64.4 cm³/mol. The minimum atomic E-state index is -1.36. The van der Waals surface area contributed by atoms with Gasteiger partial charge in [0.05, 0.1) is 12.5 Å². The van der Waals surface area contributed by atoms with Crippen molar-refractivity contribution in [1.82, 2.24) is 10.6 Å². The van der Waals surface area contributed by atoms with Crippen LogP contribution in [0.5, 0.6) is 0 Å². The summed E-state index contributed by atoms with van der Waals surface area (Å²) in [7, 11) is 0. The molecule has 0 fully saturated rings. The first-order chi connectivity index (χ1) is 8.40. The van der Waals surface area contributed by atoms with Gasteiger partial charge in [0.2, 0.25) is 5.91 Å². The summed E-state index contributed by atoms with van der Waals surface area (Å²) in [6, 6.07) is -2.57. The van der Waals surface area contributed by atoms with Gasteiger partial charge in [-0.05, 0) is 6.42 Å². The van der Waals surface area contributed by atoms with Crippen molar-refractivity contribution in [2.75, 3.05) is 0 Å². The number of carboxylic acid groups (broad SMARTS) is 1. The fourth-order valence-electron chi connectivity index (χ4n) is 1.25. The summed E-state index contributed by atoms with van der Waals surface area (Å²) in [5, 5.41) is 13.3. The lowest BCUT2D eigenvalue weighted by molar-refractivity contribution is -0.140. The van der Waals surface area contributed by atoms with E-state index in [1.807, 2.05) is 6.92 Å². The van der Waals surface area contributed by atoms with Crippen molar-refractivity contribution in [1.29, 1.82) is 0 Å². The van der Waals surface area contributed by atoms with E-state index < -0.39 is 36.4 Å². The first-order valence-corrected chi connectivity index (χ1v) is 5.45. The molecule has 0 aliphatic rings. The number of terminal acetylenes is 1. The molecule has 0 bridgehead atoms. The summed E-state index contributed by atoms with van der Waals surface area (Å²) >= 11 is 0. The molecular formula is C11H17N3O4. The first-order valence-electron chi connectivity index (χ1n) is 5.45. The van der Waals surface area contributed by atoms with E-state index in [1.54, 1.807) is 0 Å². The van der Waals surface area contributed by atoms with Gasteiger partial charge in [0.15, 0.2) is 0 Å². The minimum absolute atomic E-state index is 0.474. The lowest BCUT2D eigenvalue weighted by Gasteiger charge is -2.16.